The van der Waals surface area contributed by atoms with Gasteiger partial charge in [0.1, 0.15) is 11.7 Å². The third kappa shape index (κ3) is 3.58. The normalized spacial score (nSPS) is 14.9. The van der Waals surface area contributed by atoms with Crippen molar-refractivity contribution in [3.05, 3.63) is 54.2 Å². The Morgan fingerprint density at radius 2 is 1.88 bits per heavy atom. The molecule has 2 amide bonds. The summed E-state index contributed by atoms with van der Waals surface area (Å²) in [4.78, 5) is 17.1. The topological polar surface area (TPSA) is 54.5 Å². The largest absolute Gasteiger partial charge is 0.470 e. The molecule has 0 spiro atoms. The molecule has 0 radical (unpaired) electrons. The van der Waals surface area contributed by atoms with E-state index >= 15 is 0 Å². The molecule has 2 aromatic rings. The fraction of sp³-hybridized carbons (Fsp3) is 0.250. The molecule has 1 saturated heterocycles. The van der Waals surface area contributed by atoms with Crippen molar-refractivity contribution in [2.75, 3.05) is 18.4 Å². The van der Waals surface area contributed by atoms with Crippen LogP contribution in [0.2, 0.25) is 0 Å². The van der Waals surface area contributed by atoms with Crippen LogP contribution in [0.4, 0.5) is 23.7 Å². The van der Waals surface area contributed by atoms with Crippen LogP contribution < -0.4 is 10.1 Å². The number of nitrogens with one attached hydrogen (secondary N) is 1. The number of carbonyl (C=O) groups excluding carboxylic acids is 1. The molecule has 1 N–H and O–H groups in total. The Bertz CT molecular complexity index is 716. The predicted octanol–water partition coefficient (Wildman–Crippen LogP) is 3.40. The average Bonchev–Trinajstić information content (AvgIpc) is 2.50. The van der Waals surface area contributed by atoms with Crippen LogP contribution in [0.3, 0.4) is 0 Å². The second-order valence-electron chi connectivity index (χ2n) is 5.29. The van der Waals surface area contributed by atoms with Crippen molar-refractivity contribution < 1.29 is 22.7 Å². The van der Waals surface area contributed by atoms with E-state index in [0.717, 1.165) is 6.07 Å². The van der Waals surface area contributed by atoms with Crippen LogP contribution in [0, 0.1) is 0 Å². The minimum atomic E-state index is -4.53. The summed E-state index contributed by atoms with van der Waals surface area (Å²) >= 11 is 0. The molecule has 0 saturated carbocycles. The highest BCUT2D eigenvalue weighted by Crippen LogP contribution is 2.35. The summed E-state index contributed by atoms with van der Waals surface area (Å²) in [5, 5.41) is 2.70. The lowest BCUT2D eigenvalue weighted by molar-refractivity contribution is -0.140. The number of amides is 2. The van der Waals surface area contributed by atoms with Crippen LogP contribution in [-0.4, -0.2) is 35.1 Å². The summed E-state index contributed by atoms with van der Waals surface area (Å²) in [6, 6.07) is 10.7. The zero-order chi connectivity index (χ0) is 17.2. The van der Waals surface area contributed by atoms with E-state index in [2.05, 4.69) is 10.3 Å². The first-order valence-corrected chi connectivity index (χ1v) is 7.23. The lowest BCUT2D eigenvalue weighted by Gasteiger charge is -2.38. The van der Waals surface area contributed by atoms with E-state index in [-0.39, 0.29) is 19.1 Å². The molecule has 1 aliphatic rings. The zero-order valence-corrected chi connectivity index (χ0v) is 12.5. The van der Waals surface area contributed by atoms with E-state index in [1.165, 1.54) is 17.2 Å². The monoisotopic (exact) mass is 337 g/mol. The fourth-order valence-electron chi connectivity index (χ4n) is 2.26. The Balaban J connectivity index is 1.55. The van der Waals surface area contributed by atoms with Crippen molar-refractivity contribution in [3.8, 4) is 5.88 Å². The fourth-order valence-corrected chi connectivity index (χ4v) is 2.26. The van der Waals surface area contributed by atoms with Gasteiger partial charge in [-0.25, -0.2) is 9.78 Å². The van der Waals surface area contributed by atoms with E-state index in [1.807, 2.05) is 6.07 Å². The lowest BCUT2D eigenvalue weighted by atomic mass is 10.2. The number of alkyl halides is 3. The van der Waals surface area contributed by atoms with Gasteiger partial charge >= 0.3 is 12.2 Å². The Kier molecular flexibility index (Phi) is 4.28. The number of carbonyl (C=O) groups is 1. The maximum atomic E-state index is 12.9. The van der Waals surface area contributed by atoms with Gasteiger partial charge in [0.05, 0.1) is 13.1 Å². The molecule has 126 valence electrons. The number of benzene rings is 1. The molecular formula is C16H14F3N3O2. The summed E-state index contributed by atoms with van der Waals surface area (Å²) in [5.41, 5.74) is -0.270. The summed E-state index contributed by atoms with van der Waals surface area (Å²) in [6.07, 6.45) is -3.80. The van der Waals surface area contributed by atoms with Gasteiger partial charge < -0.3 is 15.0 Å². The van der Waals surface area contributed by atoms with Gasteiger partial charge in [-0.2, -0.15) is 13.2 Å². The van der Waals surface area contributed by atoms with Gasteiger partial charge in [0.25, 0.3) is 0 Å². The first-order valence-electron chi connectivity index (χ1n) is 7.23. The Morgan fingerprint density at radius 1 is 1.17 bits per heavy atom. The van der Waals surface area contributed by atoms with Crippen LogP contribution in [0.15, 0.2) is 48.7 Å². The number of nitrogens with zero attached hydrogens (tertiary/aromatic N) is 2. The number of urea groups is 1. The molecule has 0 bridgehead atoms. The van der Waals surface area contributed by atoms with E-state index in [0.29, 0.717) is 5.69 Å². The predicted molar refractivity (Wildman–Crippen MR) is 80.7 cm³/mol. The third-order valence-electron chi connectivity index (χ3n) is 3.52. The van der Waals surface area contributed by atoms with Crippen LogP contribution in [-0.2, 0) is 6.18 Å². The van der Waals surface area contributed by atoms with Gasteiger partial charge in [-0.3, -0.25) is 0 Å². The molecule has 0 unspecified atom stereocenters. The third-order valence-corrected chi connectivity index (χ3v) is 3.52. The highest BCUT2D eigenvalue weighted by molar-refractivity contribution is 5.89. The minimum absolute atomic E-state index is 0.201. The second kappa shape index (κ2) is 6.38. The molecule has 1 fully saturated rings. The summed E-state index contributed by atoms with van der Waals surface area (Å²) in [7, 11) is 0. The highest BCUT2D eigenvalue weighted by atomic mass is 19.4. The van der Waals surface area contributed by atoms with Crippen molar-refractivity contribution >= 4 is 11.7 Å². The number of halogens is 3. The first kappa shape index (κ1) is 16.1. The smallest absolute Gasteiger partial charge is 0.421 e. The van der Waals surface area contributed by atoms with Crippen LogP contribution >= 0.6 is 0 Å². The Morgan fingerprint density at radius 3 is 2.54 bits per heavy atom. The van der Waals surface area contributed by atoms with Crippen LogP contribution in [0.25, 0.3) is 0 Å². The van der Waals surface area contributed by atoms with Crippen molar-refractivity contribution in [2.24, 2.45) is 0 Å². The van der Waals surface area contributed by atoms with Crippen LogP contribution in [0.1, 0.15) is 5.56 Å². The summed E-state index contributed by atoms with van der Waals surface area (Å²) in [5.74, 6) is -0.460. The molecular weight excluding hydrogens is 323 g/mol. The standard InChI is InChI=1S/C16H14F3N3O2/c17-16(18,19)13-7-4-8-20-14(13)24-12-9-22(10-12)15(23)21-11-5-2-1-3-6-11/h1-8,12H,9-10H2,(H,21,23). The molecule has 0 aliphatic carbocycles. The number of aromatic nitrogens is 1. The molecule has 2 heterocycles. The average molecular weight is 337 g/mol. The number of anilines is 1. The summed E-state index contributed by atoms with van der Waals surface area (Å²) in [6.45, 7) is 0.402. The van der Waals surface area contributed by atoms with E-state index in [4.69, 9.17) is 4.74 Å². The molecule has 24 heavy (non-hydrogen) atoms. The van der Waals surface area contributed by atoms with Gasteiger partial charge in [-0.15, -0.1) is 0 Å². The number of ether oxygens (including phenoxy) is 1. The quantitative estimate of drug-likeness (QED) is 0.934. The molecule has 3 rings (SSSR count). The van der Waals surface area contributed by atoms with Crippen molar-refractivity contribution in [2.45, 2.75) is 12.3 Å². The lowest BCUT2D eigenvalue weighted by Crippen LogP contribution is -2.57. The second-order valence-corrected chi connectivity index (χ2v) is 5.29. The number of likely N-dealkylation sites (tertiary alicyclic amines) is 1. The molecule has 8 heteroatoms. The van der Waals surface area contributed by atoms with Gasteiger partial charge in [-0.05, 0) is 24.3 Å². The number of rotatable bonds is 3. The minimum Gasteiger partial charge on any atom is -0.470 e. The van der Waals surface area contributed by atoms with Crippen molar-refractivity contribution in [3.63, 3.8) is 0 Å². The molecule has 0 atom stereocenters. The maximum Gasteiger partial charge on any atom is 0.421 e. The maximum absolute atomic E-state index is 12.9. The van der Waals surface area contributed by atoms with Gasteiger partial charge in [0.15, 0.2) is 0 Å². The van der Waals surface area contributed by atoms with Gasteiger partial charge in [0.2, 0.25) is 5.88 Å². The van der Waals surface area contributed by atoms with Crippen molar-refractivity contribution in [1.82, 2.24) is 9.88 Å². The number of hydrogen-bond acceptors (Lipinski definition) is 3. The zero-order valence-electron chi connectivity index (χ0n) is 12.5. The molecule has 1 aliphatic heterocycles. The SMILES string of the molecule is O=C(Nc1ccccc1)N1CC(Oc2ncccc2C(F)(F)F)C1. The van der Waals surface area contributed by atoms with E-state index in [1.54, 1.807) is 24.3 Å². The number of hydrogen-bond donors (Lipinski definition) is 1. The van der Waals surface area contributed by atoms with E-state index in [9.17, 15) is 18.0 Å². The first-order chi connectivity index (χ1) is 11.4. The highest BCUT2D eigenvalue weighted by Gasteiger charge is 2.38. The molecule has 5 nitrogen and oxygen atoms in total. The van der Waals surface area contributed by atoms with Gasteiger partial charge in [0, 0.05) is 11.9 Å². The van der Waals surface area contributed by atoms with Crippen LogP contribution in [0.5, 0.6) is 5.88 Å². The Labute approximate surface area is 136 Å². The Hall–Kier alpha value is -2.77. The van der Waals surface area contributed by atoms with Gasteiger partial charge in [-0.1, -0.05) is 18.2 Å². The number of para-hydroxylation sites is 1. The van der Waals surface area contributed by atoms with Crippen molar-refractivity contribution in [1.29, 1.82) is 0 Å². The molecule has 1 aromatic carbocycles. The summed E-state index contributed by atoms with van der Waals surface area (Å²) < 4.78 is 43.9. The number of pyridine rings is 1. The molecule has 1 aromatic heterocycles. The van der Waals surface area contributed by atoms with E-state index < -0.39 is 23.7 Å².